The molecule has 0 radical (unpaired) electrons. The molecule has 10 heteroatoms. The Bertz CT molecular complexity index is 707. The molecule has 0 aromatic heterocycles. The lowest BCUT2D eigenvalue weighted by molar-refractivity contribution is -0.154. The number of ether oxygens (including phenoxy) is 1. The number of aliphatic carboxylic acids is 2. The van der Waals surface area contributed by atoms with Crippen LogP contribution >= 0.6 is 0 Å². The third kappa shape index (κ3) is 2.88. The summed E-state index contributed by atoms with van der Waals surface area (Å²) in [6.07, 6.45) is -0.365. The molecule has 2 fully saturated rings. The van der Waals surface area contributed by atoms with Crippen LogP contribution in [0.25, 0.3) is 10.4 Å². The van der Waals surface area contributed by atoms with E-state index in [2.05, 4.69) is 15.3 Å². The van der Waals surface area contributed by atoms with Crippen molar-refractivity contribution in [3.8, 4) is 0 Å². The minimum atomic E-state index is -1.90. The Hall–Kier alpha value is -2.48. The van der Waals surface area contributed by atoms with Crippen LogP contribution in [0.1, 0.15) is 47.5 Å². The Morgan fingerprint density at radius 3 is 2.15 bits per heavy atom. The van der Waals surface area contributed by atoms with Gasteiger partial charge in [-0.25, -0.2) is 9.59 Å². The minimum Gasteiger partial charge on any atom is -0.481 e. The Kier molecular flexibility index (Phi) is 5.09. The van der Waals surface area contributed by atoms with Gasteiger partial charge in [0.1, 0.15) is 5.60 Å². The van der Waals surface area contributed by atoms with Crippen LogP contribution in [0, 0.1) is 23.2 Å². The molecule has 10 nitrogen and oxygen atoms in total. The summed E-state index contributed by atoms with van der Waals surface area (Å²) in [7, 11) is 0. The number of nitrogens with one attached hydrogen (secondary N) is 1. The summed E-state index contributed by atoms with van der Waals surface area (Å²) >= 11 is 0. The quantitative estimate of drug-likeness (QED) is 0.363. The van der Waals surface area contributed by atoms with E-state index >= 15 is 0 Å². The Morgan fingerprint density at radius 1 is 1.22 bits per heavy atom. The zero-order valence-corrected chi connectivity index (χ0v) is 16.1. The summed E-state index contributed by atoms with van der Waals surface area (Å²) < 4.78 is 5.25. The van der Waals surface area contributed by atoms with E-state index in [0.29, 0.717) is 0 Å². The lowest BCUT2D eigenvalue weighted by atomic mass is 9.62. The third-order valence-corrected chi connectivity index (χ3v) is 6.05. The van der Waals surface area contributed by atoms with Crippen LogP contribution in [-0.4, -0.2) is 45.4 Å². The number of hydrogen-bond donors (Lipinski definition) is 3. The van der Waals surface area contributed by atoms with Gasteiger partial charge in [-0.15, -0.1) is 0 Å². The number of nitrogens with zero attached hydrogens (tertiary/aromatic N) is 3. The summed E-state index contributed by atoms with van der Waals surface area (Å²) in [5, 5.41) is 26.0. The van der Waals surface area contributed by atoms with Gasteiger partial charge in [-0.1, -0.05) is 19.0 Å². The second-order valence-electron chi connectivity index (χ2n) is 8.22. The van der Waals surface area contributed by atoms with Gasteiger partial charge in [0, 0.05) is 22.3 Å². The lowest BCUT2D eigenvalue weighted by Crippen LogP contribution is -2.67. The molecule has 0 aromatic rings. The molecule has 0 aliphatic heterocycles. The number of carbonyl (C=O) groups excluding carboxylic acids is 1. The first kappa shape index (κ1) is 20.8. The molecule has 2 rings (SSSR count). The number of carbonyl (C=O) groups is 3. The summed E-state index contributed by atoms with van der Waals surface area (Å²) in [4.78, 5) is 39.5. The van der Waals surface area contributed by atoms with Crippen molar-refractivity contribution in [1.82, 2.24) is 5.32 Å². The second kappa shape index (κ2) is 6.60. The number of carboxylic acids is 2. The number of alkyl carbamates (subject to hydrolysis) is 1. The van der Waals surface area contributed by atoms with E-state index in [0.717, 1.165) is 0 Å². The van der Waals surface area contributed by atoms with Crippen molar-refractivity contribution in [2.45, 2.75) is 64.6 Å². The first-order chi connectivity index (χ1) is 12.4. The van der Waals surface area contributed by atoms with Gasteiger partial charge >= 0.3 is 18.0 Å². The average Bonchev–Trinajstić information content (AvgIpc) is 3.22. The topological polar surface area (TPSA) is 162 Å². The molecule has 2 aliphatic rings. The largest absolute Gasteiger partial charge is 0.481 e. The van der Waals surface area contributed by atoms with Crippen molar-refractivity contribution >= 4 is 18.0 Å². The molecule has 1 amide bonds. The molecular weight excluding hydrogens is 356 g/mol. The highest BCUT2D eigenvalue weighted by Crippen LogP contribution is 2.72. The molecule has 0 unspecified atom stereocenters. The molecule has 0 spiro atoms. The monoisotopic (exact) mass is 382 g/mol. The summed E-state index contributed by atoms with van der Waals surface area (Å²) in [5.41, 5.74) is 5.13. The van der Waals surface area contributed by atoms with Crippen LogP contribution in [0.3, 0.4) is 0 Å². The maximum absolute atomic E-state index is 12.5. The Balaban J connectivity index is 2.62. The Labute approximate surface area is 156 Å². The van der Waals surface area contributed by atoms with Crippen LogP contribution in [0.4, 0.5) is 4.79 Å². The molecule has 5 atom stereocenters. The lowest BCUT2D eigenvalue weighted by Gasteiger charge is -2.47. The van der Waals surface area contributed by atoms with E-state index in [-0.39, 0.29) is 12.8 Å². The highest BCUT2D eigenvalue weighted by Gasteiger charge is 2.83. The summed E-state index contributed by atoms with van der Waals surface area (Å²) in [6.45, 7) is 8.43. The first-order valence-corrected chi connectivity index (χ1v) is 8.95. The normalized spacial score (nSPS) is 33.4. The van der Waals surface area contributed by atoms with E-state index in [1.165, 1.54) is 0 Å². The Morgan fingerprint density at radius 2 is 1.78 bits per heavy atom. The average molecular weight is 382 g/mol. The number of azide groups is 1. The highest BCUT2D eigenvalue weighted by atomic mass is 16.6. The molecular formula is C17H26N4O6. The van der Waals surface area contributed by atoms with Gasteiger partial charge < -0.3 is 20.3 Å². The maximum atomic E-state index is 12.5. The van der Waals surface area contributed by atoms with Gasteiger partial charge in [0.25, 0.3) is 0 Å². The van der Waals surface area contributed by atoms with Crippen molar-refractivity contribution in [3.63, 3.8) is 0 Å². The van der Waals surface area contributed by atoms with Crippen molar-refractivity contribution in [2.75, 3.05) is 0 Å². The number of carboxylic acid groups (broad SMARTS) is 2. The van der Waals surface area contributed by atoms with E-state index < -0.39 is 58.4 Å². The maximum Gasteiger partial charge on any atom is 0.408 e. The van der Waals surface area contributed by atoms with Crippen LogP contribution in [0.5, 0.6) is 0 Å². The standard InChI is InChI=1S/C17H26N4O6/c1-6-16(7-2)11(20-21-18)8-9(12(22)23)10(8)17(16,13(24)25)19-14(26)27-15(3,4)5/h8-11H,6-7H2,1-5H3,(H,19,26)(H,22,23)(H,24,25)/t8-,9-,10+,11+,17-/m1/s1. The van der Waals surface area contributed by atoms with E-state index in [4.69, 9.17) is 10.3 Å². The molecule has 27 heavy (non-hydrogen) atoms. The van der Waals surface area contributed by atoms with Crippen LogP contribution in [-0.2, 0) is 14.3 Å². The molecule has 0 aromatic carbocycles. The number of fused-ring (bicyclic) bond motifs is 1. The molecule has 0 bridgehead atoms. The minimum absolute atomic E-state index is 0.286. The molecule has 0 heterocycles. The fraction of sp³-hybridized carbons (Fsp3) is 0.824. The number of amides is 1. The van der Waals surface area contributed by atoms with E-state index in [1.54, 1.807) is 34.6 Å². The summed E-state index contributed by atoms with van der Waals surface area (Å²) in [5.74, 6) is -5.04. The van der Waals surface area contributed by atoms with Crippen molar-refractivity contribution < 1.29 is 29.3 Å². The molecule has 150 valence electrons. The highest BCUT2D eigenvalue weighted by molar-refractivity contribution is 5.91. The number of rotatable bonds is 6. The van der Waals surface area contributed by atoms with Crippen LogP contribution < -0.4 is 5.32 Å². The molecule has 3 N–H and O–H groups in total. The van der Waals surface area contributed by atoms with E-state index in [1.807, 2.05) is 0 Å². The zero-order chi connectivity index (χ0) is 20.8. The van der Waals surface area contributed by atoms with Crippen LogP contribution in [0.2, 0.25) is 0 Å². The zero-order valence-electron chi connectivity index (χ0n) is 16.1. The van der Waals surface area contributed by atoms with Gasteiger partial charge in [-0.2, -0.15) is 0 Å². The van der Waals surface area contributed by atoms with Gasteiger partial charge in [0.15, 0.2) is 5.54 Å². The third-order valence-electron chi connectivity index (χ3n) is 6.05. The fourth-order valence-corrected chi connectivity index (χ4v) is 5.09. The molecule has 2 aliphatic carbocycles. The molecule has 0 saturated heterocycles. The van der Waals surface area contributed by atoms with Crippen molar-refractivity contribution in [2.24, 2.45) is 28.3 Å². The van der Waals surface area contributed by atoms with Crippen molar-refractivity contribution in [3.05, 3.63) is 10.4 Å². The smallest absolute Gasteiger partial charge is 0.408 e. The fourth-order valence-electron chi connectivity index (χ4n) is 5.09. The van der Waals surface area contributed by atoms with Crippen molar-refractivity contribution in [1.29, 1.82) is 0 Å². The van der Waals surface area contributed by atoms with Gasteiger partial charge in [-0.05, 0) is 45.1 Å². The number of hydrogen-bond acceptors (Lipinski definition) is 5. The SMILES string of the molecule is CCC1(CC)[C@@H](N=[N+]=[N-])[C@@H]2[C@@H](C(=O)O)[C@H]2[C@@]1(NC(=O)OC(C)(C)C)C(=O)O. The predicted molar refractivity (Wildman–Crippen MR) is 93.8 cm³/mol. The molecule has 2 saturated carbocycles. The van der Waals surface area contributed by atoms with Crippen LogP contribution in [0.15, 0.2) is 5.11 Å². The van der Waals surface area contributed by atoms with E-state index in [9.17, 15) is 24.6 Å². The predicted octanol–water partition coefficient (Wildman–Crippen LogP) is 2.78. The van der Waals surface area contributed by atoms with Gasteiger partial charge in [0.2, 0.25) is 0 Å². The summed E-state index contributed by atoms with van der Waals surface area (Å²) in [6, 6.07) is -0.852. The van der Waals surface area contributed by atoms with Gasteiger partial charge in [0.05, 0.1) is 5.92 Å². The first-order valence-electron chi connectivity index (χ1n) is 8.95. The van der Waals surface area contributed by atoms with Gasteiger partial charge in [-0.3, -0.25) is 4.79 Å². The second-order valence-corrected chi connectivity index (χ2v) is 8.22.